The fourth-order valence-electron chi connectivity index (χ4n) is 15.1. The van der Waals surface area contributed by atoms with Crippen LogP contribution in [0.3, 0.4) is 0 Å². The normalized spacial score (nSPS) is 12.8. The lowest BCUT2D eigenvalue weighted by atomic mass is 9.87. The highest BCUT2D eigenvalue weighted by Crippen LogP contribution is 2.40. The highest BCUT2D eigenvalue weighted by atomic mass is 16.5. The van der Waals surface area contributed by atoms with Gasteiger partial charge in [0.1, 0.15) is 28.7 Å². The third-order valence-electron chi connectivity index (χ3n) is 21.4. The molecular formula is C94H148O5. The summed E-state index contributed by atoms with van der Waals surface area (Å²) in [5, 5.41) is 0. The molecule has 0 aliphatic heterocycles. The number of benzene rings is 5. The fraction of sp³-hybridized carbons (Fsp3) is 0.681. The standard InChI is InChI=1S/C94H148O5/c1-11-21-31-37-49-75-62-86-67-83-72-93(98-59-47-29-19-9)88(64-77(83)51-39-33-23-13-3)69-85-74-94(99-60-48-30-20-10)89(65-79(85)53-41-35-25-15-5)68-84-73-92(97-58-46-28-18-8)87(63-78(84)52-40-34-24-14-4)66-82-71-90(95-56-44-26-16-6)81(61-76(82)50-38-32-22-12-2)55-43-36-42-54-80(75)70-91(86)96-57-45-27-17-7/h61-65,70-74H,11-60,66-69H2,1-10H3. The predicted octanol–water partition coefficient (Wildman–Crippen LogP) is 27.8. The molecule has 5 nitrogen and oxygen atoms in total. The van der Waals surface area contributed by atoms with Crippen LogP contribution in [-0.2, 0) is 70.6 Å². The molecule has 16 rings (SSSR count). The Hall–Kier alpha value is -4.90. The van der Waals surface area contributed by atoms with E-state index in [9.17, 15) is 0 Å². The molecule has 5 aromatic rings. The van der Waals surface area contributed by atoms with Crippen LogP contribution in [0.5, 0.6) is 28.7 Å². The van der Waals surface area contributed by atoms with Crippen LogP contribution < -0.4 is 23.7 Å². The first-order valence-electron chi connectivity index (χ1n) is 42.6. The molecule has 0 radical (unpaired) electrons. The molecule has 10 bridgehead atoms. The van der Waals surface area contributed by atoms with Gasteiger partial charge in [0.15, 0.2) is 0 Å². The van der Waals surface area contributed by atoms with Crippen LogP contribution in [0, 0.1) is 0 Å². The Balaban J connectivity index is 1.67. The number of hydrogen-bond donors (Lipinski definition) is 0. The Morgan fingerprint density at radius 2 is 0.394 bits per heavy atom. The van der Waals surface area contributed by atoms with Crippen molar-refractivity contribution in [1.82, 2.24) is 0 Å². The molecule has 11 aliphatic rings. The van der Waals surface area contributed by atoms with Crippen molar-refractivity contribution in [2.24, 2.45) is 0 Å². The van der Waals surface area contributed by atoms with Crippen molar-refractivity contribution in [2.45, 2.75) is 384 Å². The first kappa shape index (κ1) is 83.1. The first-order chi connectivity index (χ1) is 48.7. The van der Waals surface area contributed by atoms with Crippen LogP contribution in [0.15, 0.2) is 60.7 Å². The molecule has 0 spiro atoms. The van der Waals surface area contributed by atoms with Crippen molar-refractivity contribution < 1.29 is 23.7 Å². The third-order valence-corrected chi connectivity index (χ3v) is 21.4. The molecule has 0 heterocycles. The monoisotopic (exact) mass is 1360 g/mol. The lowest BCUT2D eigenvalue weighted by Crippen LogP contribution is -2.10. The second-order valence-corrected chi connectivity index (χ2v) is 30.2. The van der Waals surface area contributed by atoms with Gasteiger partial charge >= 0.3 is 0 Å². The lowest BCUT2D eigenvalue weighted by molar-refractivity contribution is 0.301. The minimum atomic E-state index is 0.725. The van der Waals surface area contributed by atoms with Crippen molar-refractivity contribution in [2.75, 3.05) is 33.0 Å². The Labute approximate surface area is 610 Å². The van der Waals surface area contributed by atoms with E-state index in [1.54, 1.807) is 5.56 Å². The molecule has 5 aromatic carbocycles. The second kappa shape index (κ2) is 51.3. The van der Waals surface area contributed by atoms with Crippen LogP contribution in [-0.4, -0.2) is 33.0 Å². The molecule has 99 heavy (non-hydrogen) atoms. The SMILES string of the molecule is CCCCCCc1cc2c(OCCCCC)cc1CCCCCc1cc(CCCCCC)c(cc1OCCCCC)Cc1cc(CCCCCC)c(cc1OCCCCC)Cc1cc(CCCCCC)c(cc1OCCCCC)Cc1cc(CCCCCC)c(cc1OCCCCC)C2. The van der Waals surface area contributed by atoms with E-state index >= 15 is 0 Å². The van der Waals surface area contributed by atoms with Gasteiger partial charge in [-0.05, 0) is 236 Å². The number of unbranched alkanes of at least 4 members (excludes halogenated alkanes) is 25. The van der Waals surface area contributed by atoms with Gasteiger partial charge in [0.2, 0.25) is 0 Å². The van der Waals surface area contributed by atoms with Crippen molar-refractivity contribution in [3.05, 3.63) is 144 Å². The van der Waals surface area contributed by atoms with Gasteiger partial charge in [-0.1, -0.05) is 267 Å². The van der Waals surface area contributed by atoms with Crippen molar-refractivity contribution in [3.8, 4) is 28.7 Å². The molecule has 0 amide bonds. The smallest absolute Gasteiger partial charge is 0.123 e. The summed E-state index contributed by atoms with van der Waals surface area (Å²) in [6.45, 7) is 27.0. The van der Waals surface area contributed by atoms with E-state index in [1.807, 2.05) is 0 Å². The zero-order valence-corrected chi connectivity index (χ0v) is 66.0. The van der Waals surface area contributed by atoms with Gasteiger partial charge in [-0.3, -0.25) is 0 Å². The molecule has 5 heteroatoms. The molecule has 0 saturated carbocycles. The van der Waals surface area contributed by atoms with Gasteiger partial charge in [-0.2, -0.15) is 0 Å². The fourth-order valence-corrected chi connectivity index (χ4v) is 15.1. The number of aryl methyl sites for hydroxylation is 7. The van der Waals surface area contributed by atoms with E-state index < -0.39 is 0 Å². The summed E-state index contributed by atoms with van der Waals surface area (Å²) in [7, 11) is 0. The van der Waals surface area contributed by atoms with Gasteiger partial charge in [0.05, 0.1) is 33.0 Å². The van der Waals surface area contributed by atoms with E-state index in [2.05, 4.69) is 130 Å². The summed E-state index contributed by atoms with van der Waals surface area (Å²) >= 11 is 0. The maximum absolute atomic E-state index is 7.25. The van der Waals surface area contributed by atoms with Crippen molar-refractivity contribution in [1.29, 1.82) is 0 Å². The maximum atomic E-state index is 7.25. The Morgan fingerprint density at radius 3 is 0.646 bits per heavy atom. The average molecular weight is 1360 g/mol. The third kappa shape index (κ3) is 30.5. The summed E-state index contributed by atoms with van der Waals surface area (Å²) in [6.07, 6.45) is 56.4. The zero-order valence-electron chi connectivity index (χ0n) is 66.0. The van der Waals surface area contributed by atoms with Crippen molar-refractivity contribution >= 4 is 0 Å². The molecule has 0 fully saturated rings. The molecule has 11 aliphatic carbocycles. The van der Waals surface area contributed by atoms with E-state index in [0.717, 1.165) is 171 Å². The quantitative estimate of drug-likeness (QED) is 0.0363. The van der Waals surface area contributed by atoms with Crippen LogP contribution in [0.1, 0.15) is 397 Å². The summed E-state index contributed by atoms with van der Waals surface area (Å²) in [5.74, 6) is 5.44. The van der Waals surface area contributed by atoms with Gasteiger partial charge in [-0.25, -0.2) is 0 Å². The van der Waals surface area contributed by atoms with Gasteiger partial charge in [-0.15, -0.1) is 0 Å². The molecule has 0 atom stereocenters. The van der Waals surface area contributed by atoms with E-state index in [-0.39, 0.29) is 0 Å². The maximum Gasteiger partial charge on any atom is 0.123 e. The minimum absolute atomic E-state index is 0.725. The number of fused-ring (bicyclic) bond motifs is 1. The lowest BCUT2D eigenvalue weighted by Gasteiger charge is -2.23. The summed E-state index contributed by atoms with van der Waals surface area (Å²) in [5.41, 5.74) is 21.4. The van der Waals surface area contributed by atoms with Crippen molar-refractivity contribution in [3.63, 3.8) is 0 Å². The van der Waals surface area contributed by atoms with Crippen LogP contribution in [0.2, 0.25) is 0 Å². The van der Waals surface area contributed by atoms with Gasteiger partial charge in [0, 0.05) is 25.7 Å². The minimum Gasteiger partial charge on any atom is -0.493 e. The highest BCUT2D eigenvalue weighted by molar-refractivity contribution is 5.55. The van der Waals surface area contributed by atoms with E-state index in [0.29, 0.717) is 0 Å². The molecule has 0 N–H and O–H groups in total. The molecule has 0 unspecified atom stereocenters. The van der Waals surface area contributed by atoms with Crippen LogP contribution >= 0.6 is 0 Å². The van der Waals surface area contributed by atoms with Gasteiger partial charge in [0.25, 0.3) is 0 Å². The predicted molar refractivity (Wildman–Crippen MR) is 429 cm³/mol. The van der Waals surface area contributed by atoms with Gasteiger partial charge < -0.3 is 23.7 Å². The van der Waals surface area contributed by atoms with E-state index in [4.69, 9.17) is 23.7 Å². The zero-order chi connectivity index (χ0) is 70.3. The average Bonchev–Trinajstić information content (AvgIpc) is 0.827. The Bertz CT molecular complexity index is 2750. The molecular weight excluding hydrogens is 1210 g/mol. The number of ether oxygens (including phenoxy) is 5. The Kier molecular flexibility index (Phi) is 43.0. The second-order valence-electron chi connectivity index (χ2n) is 30.2. The van der Waals surface area contributed by atoms with Crippen LogP contribution in [0.4, 0.5) is 0 Å². The summed E-state index contributed by atoms with van der Waals surface area (Å²) < 4.78 is 35.8. The number of rotatable bonds is 50. The first-order valence-corrected chi connectivity index (χ1v) is 42.6. The van der Waals surface area contributed by atoms with Crippen LogP contribution in [0.25, 0.3) is 0 Å². The summed E-state index contributed by atoms with van der Waals surface area (Å²) in [6, 6.07) is 25.8. The topological polar surface area (TPSA) is 46.2 Å². The Morgan fingerprint density at radius 1 is 0.192 bits per heavy atom. The molecule has 0 aromatic heterocycles. The largest absolute Gasteiger partial charge is 0.493 e. The molecule has 0 saturated heterocycles. The molecule has 554 valence electrons. The highest BCUT2D eigenvalue weighted by Gasteiger charge is 2.23. The van der Waals surface area contributed by atoms with E-state index in [1.165, 1.54) is 283 Å². The summed E-state index contributed by atoms with van der Waals surface area (Å²) in [4.78, 5) is 0. The number of hydrogen-bond acceptors (Lipinski definition) is 5.